The Morgan fingerprint density at radius 2 is 2.12 bits per heavy atom. The fourth-order valence-electron chi connectivity index (χ4n) is 2.90. The summed E-state index contributed by atoms with van der Waals surface area (Å²) in [7, 11) is 0. The fraction of sp³-hybridized carbons (Fsp3) is 0.500. The average molecular weight is 230 g/mol. The molecule has 3 nitrogen and oxygen atoms in total. The molecule has 0 spiro atoms. The molecule has 3 rings (SSSR count). The first kappa shape index (κ1) is 10.6. The van der Waals surface area contributed by atoms with E-state index in [0.717, 1.165) is 31.6 Å². The van der Waals surface area contributed by atoms with Crippen molar-refractivity contribution in [3.63, 3.8) is 0 Å². The fourth-order valence-corrected chi connectivity index (χ4v) is 2.90. The minimum Gasteiger partial charge on any atom is -0.369 e. The molecule has 0 atom stereocenters. The highest BCUT2D eigenvalue weighted by atomic mass is 16.1. The quantitative estimate of drug-likeness (QED) is 0.738. The third-order valence-corrected chi connectivity index (χ3v) is 4.00. The van der Waals surface area contributed by atoms with E-state index in [1.165, 1.54) is 11.3 Å². The van der Waals surface area contributed by atoms with Crippen LogP contribution in [0.15, 0.2) is 18.2 Å². The summed E-state index contributed by atoms with van der Waals surface area (Å²) in [6.07, 6.45) is 1.15. The van der Waals surface area contributed by atoms with Crippen molar-refractivity contribution in [3.05, 3.63) is 29.3 Å². The predicted octanol–water partition coefficient (Wildman–Crippen LogP) is 1.92. The molecule has 2 aliphatic heterocycles. The van der Waals surface area contributed by atoms with Gasteiger partial charge in [0.15, 0.2) is 0 Å². The van der Waals surface area contributed by atoms with Gasteiger partial charge in [-0.3, -0.25) is 4.79 Å². The van der Waals surface area contributed by atoms with Crippen molar-refractivity contribution in [2.75, 3.05) is 24.5 Å². The summed E-state index contributed by atoms with van der Waals surface area (Å²) in [6.45, 7) is 7.25. The molecule has 3 heteroatoms. The van der Waals surface area contributed by atoms with Crippen molar-refractivity contribution < 1.29 is 4.79 Å². The number of carbonyl (C=O) groups is 1. The monoisotopic (exact) mass is 230 g/mol. The average Bonchev–Trinajstić information content (AvgIpc) is 2.46. The molecule has 0 bridgehead atoms. The van der Waals surface area contributed by atoms with E-state index in [1.54, 1.807) is 0 Å². The molecular weight excluding hydrogens is 212 g/mol. The molecule has 0 unspecified atom stereocenters. The number of hydrogen-bond acceptors (Lipinski definition) is 2. The summed E-state index contributed by atoms with van der Waals surface area (Å²) < 4.78 is 0. The molecule has 1 amide bonds. The van der Waals surface area contributed by atoms with Gasteiger partial charge in [0.1, 0.15) is 0 Å². The maximum Gasteiger partial charge on any atom is 0.253 e. The van der Waals surface area contributed by atoms with E-state index in [2.05, 4.69) is 30.1 Å². The van der Waals surface area contributed by atoms with Gasteiger partial charge in [-0.05, 0) is 23.5 Å². The summed E-state index contributed by atoms with van der Waals surface area (Å²) in [4.78, 5) is 14.4. The maximum atomic E-state index is 12.0. The number of amides is 1. The lowest BCUT2D eigenvalue weighted by Crippen LogP contribution is -2.39. The van der Waals surface area contributed by atoms with Gasteiger partial charge < -0.3 is 10.2 Å². The summed E-state index contributed by atoms with van der Waals surface area (Å²) in [6, 6.07) is 6.11. The lowest BCUT2D eigenvalue weighted by molar-refractivity contribution is 0.0958. The number of para-hydroxylation sites is 1. The Hall–Kier alpha value is -1.51. The molecule has 90 valence electrons. The maximum absolute atomic E-state index is 12.0. The first-order chi connectivity index (χ1) is 8.09. The van der Waals surface area contributed by atoms with Crippen LogP contribution in [0.4, 0.5) is 5.69 Å². The number of anilines is 1. The molecule has 17 heavy (non-hydrogen) atoms. The molecule has 0 radical (unpaired) electrons. The first-order valence-corrected chi connectivity index (χ1v) is 6.26. The summed E-state index contributed by atoms with van der Waals surface area (Å²) in [5.41, 5.74) is 3.50. The third kappa shape index (κ3) is 1.53. The Morgan fingerprint density at radius 3 is 2.94 bits per heavy atom. The van der Waals surface area contributed by atoms with Crippen molar-refractivity contribution in [2.24, 2.45) is 0 Å². The van der Waals surface area contributed by atoms with Crippen LogP contribution >= 0.6 is 0 Å². The van der Waals surface area contributed by atoms with Crippen molar-refractivity contribution >= 4 is 11.6 Å². The molecule has 2 aliphatic rings. The number of hydrogen-bond donors (Lipinski definition) is 1. The van der Waals surface area contributed by atoms with E-state index >= 15 is 0 Å². The van der Waals surface area contributed by atoms with Crippen molar-refractivity contribution in [2.45, 2.75) is 25.7 Å². The highest BCUT2D eigenvalue weighted by Crippen LogP contribution is 2.41. The van der Waals surface area contributed by atoms with E-state index in [1.807, 2.05) is 12.1 Å². The van der Waals surface area contributed by atoms with Crippen LogP contribution in [-0.2, 0) is 5.41 Å². The lowest BCUT2D eigenvalue weighted by Gasteiger charge is -2.40. The standard InChI is InChI=1S/C14H18N2O/c1-14(2)6-8-16-9-7-15-13(17)10-4-3-5-11(14)12(10)16/h3-5H,6-9H2,1-2H3,(H,15,17). The van der Waals surface area contributed by atoms with E-state index in [0.29, 0.717) is 0 Å². The van der Waals surface area contributed by atoms with Crippen molar-refractivity contribution in [1.29, 1.82) is 0 Å². The molecule has 1 N–H and O–H groups in total. The van der Waals surface area contributed by atoms with Crippen LogP contribution in [-0.4, -0.2) is 25.5 Å². The summed E-state index contributed by atoms with van der Waals surface area (Å²) >= 11 is 0. The second kappa shape index (κ2) is 3.49. The lowest BCUT2D eigenvalue weighted by atomic mass is 9.76. The number of nitrogens with zero attached hydrogens (tertiary/aromatic N) is 1. The topological polar surface area (TPSA) is 32.3 Å². The van der Waals surface area contributed by atoms with Gasteiger partial charge in [0.25, 0.3) is 5.91 Å². The van der Waals surface area contributed by atoms with Gasteiger partial charge >= 0.3 is 0 Å². The van der Waals surface area contributed by atoms with E-state index in [4.69, 9.17) is 0 Å². The Balaban J connectivity index is 2.25. The molecule has 0 aromatic heterocycles. The number of rotatable bonds is 0. The minimum absolute atomic E-state index is 0.0713. The molecular formula is C14H18N2O. The molecule has 0 aliphatic carbocycles. The number of nitrogens with one attached hydrogen (secondary N) is 1. The van der Waals surface area contributed by atoms with Gasteiger partial charge in [0.05, 0.1) is 11.3 Å². The van der Waals surface area contributed by atoms with Crippen molar-refractivity contribution in [3.8, 4) is 0 Å². The van der Waals surface area contributed by atoms with Gasteiger partial charge in [0, 0.05) is 19.6 Å². The molecule has 0 saturated heterocycles. The number of carbonyl (C=O) groups excluding carboxylic acids is 1. The van der Waals surface area contributed by atoms with Gasteiger partial charge in [-0.15, -0.1) is 0 Å². The third-order valence-electron chi connectivity index (χ3n) is 4.00. The van der Waals surface area contributed by atoms with Gasteiger partial charge in [-0.2, -0.15) is 0 Å². The second-order valence-corrected chi connectivity index (χ2v) is 5.58. The van der Waals surface area contributed by atoms with Gasteiger partial charge in [0.2, 0.25) is 0 Å². The first-order valence-electron chi connectivity index (χ1n) is 6.26. The predicted molar refractivity (Wildman–Crippen MR) is 68.6 cm³/mol. The number of benzene rings is 1. The van der Waals surface area contributed by atoms with Crippen LogP contribution < -0.4 is 10.2 Å². The second-order valence-electron chi connectivity index (χ2n) is 5.58. The Kier molecular flexibility index (Phi) is 2.18. The Morgan fingerprint density at radius 1 is 1.29 bits per heavy atom. The largest absolute Gasteiger partial charge is 0.369 e. The summed E-state index contributed by atoms with van der Waals surface area (Å²) in [5, 5.41) is 2.97. The highest BCUT2D eigenvalue weighted by Gasteiger charge is 2.34. The van der Waals surface area contributed by atoms with Gasteiger partial charge in [-0.1, -0.05) is 26.0 Å². The van der Waals surface area contributed by atoms with Crippen LogP contribution in [0.25, 0.3) is 0 Å². The van der Waals surface area contributed by atoms with Crippen LogP contribution in [0.3, 0.4) is 0 Å². The van der Waals surface area contributed by atoms with Crippen LogP contribution in [0.5, 0.6) is 0 Å². The minimum atomic E-state index is 0.0713. The molecule has 0 fully saturated rings. The Labute approximate surface area is 102 Å². The zero-order chi connectivity index (χ0) is 12.0. The summed E-state index contributed by atoms with van der Waals surface area (Å²) in [5.74, 6) is 0.0713. The van der Waals surface area contributed by atoms with Gasteiger partial charge in [-0.25, -0.2) is 0 Å². The SMILES string of the molecule is CC1(C)CCN2CCNC(=O)c3cccc1c32. The van der Waals surface area contributed by atoms with E-state index < -0.39 is 0 Å². The zero-order valence-electron chi connectivity index (χ0n) is 10.4. The smallest absolute Gasteiger partial charge is 0.253 e. The van der Waals surface area contributed by atoms with Crippen LogP contribution in [0, 0.1) is 0 Å². The van der Waals surface area contributed by atoms with E-state index in [9.17, 15) is 4.79 Å². The van der Waals surface area contributed by atoms with Crippen LogP contribution in [0.1, 0.15) is 36.2 Å². The molecule has 1 aromatic rings. The molecule has 2 heterocycles. The normalized spacial score (nSPS) is 21.5. The molecule has 0 saturated carbocycles. The van der Waals surface area contributed by atoms with E-state index in [-0.39, 0.29) is 11.3 Å². The molecule has 1 aromatic carbocycles. The van der Waals surface area contributed by atoms with Crippen LogP contribution in [0.2, 0.25) is 0 Å². The zero-order valence-corrected chi connectivity index (χ0v) is 10.4. The highest BCUT2D eigenvalue weighted by molar-refractivity contribution is 6.01. The van der Waals surface area contributed by atoms with Crippen molar-refractivity contribution in [1.82, 2.24) is 5.32 Å². The Bertz CT molecular complexity index is 479.